The molecule has 0 spiro atoms. The Bertz CT molecular complexity index is 766. The van der Waals surface area contributed by atoms with Crippen LogP contribution in [0.1, 0.15) is 10.4 Å². The lowest BCUT2D eigenvalue weighted by molar-refractivity contribution is -0.114. The summed E-state index contributed by atoms with van der Waals surface area (Å²) in [6.07, 6.45) is 3.13. The number of fused-ring (bicyclic) bond motifs is 1. The molecule has 22 heavy (non-hydrogen) atoms. The van der Waals surface area contributed by atoms with E-state index in [0.29, 0.717) is 17.1 Å². The van der Waals surface area contributed by atoms with Crippen molar-refractivity contribution >= 4 is 23.2 Å². The van der Waals surface area contributed by atoms with Crippen LogP contribution >= 0.6 is 0 Å². The van der Waals surface area contributed by atoms with Crippen molar-refractivity contribution in [3.63, 3.8) is 0 Å². The lowest BCUT2D eigenvalue weighted by atomic mass is 9.98. The minimum absolute atomic E-state index is 0.134. The highest BCUT2D eigenvalue weighted by Gasteiger charge is 2.36. The number of pyridine rings is 1. The minimum Gasteiger partial charge on any atom is -0.383 e. The predicted molar refractivity (Wildman–Crippen MR) is 83.9 cm³/mol. The van der Waals surface area contributed by atoms with Gasteiger partial charge >= 0.3 is 0 Å². The summed E-state index contributed by atoms with van der Waals surface area (Å²) in [5.74, 6) is -0.287. The molecule has 1 aromatic heterocycles. The average molecular weight is 293 g/mol. The first kappa shape index (κ1) is 14.0. The molecule has 1 aliphatic heterocycles. The SMILES string of the molecule is CN(C)C=C1C(=O)c2cccnc2N(c2ccccc2)C1=O. The normalized spacial score (nSPS) is 15.9. The molecule has 0 unspecified atom stereocenters. The molecule has 5 heteroatoms. The maximum atomic E-state index is 12.8. The van der Waals surface area contributed by atoms with Gasteiger partial charge in [0.1, 0.15) is 5.57 Å². The average Bonchev–Trinajstić information content (AvgIpc) is 2.52. The van der Waals surface area contributed by atoms with Gasteiger partial charge in [0.25, 0.3) is 5.91 Å². The molecular formula is C17H15N3O2. The van der Waals surface area contributed by atoms with E-state index in [1.54, 1.807) is 43.5 Å². The molecule has 1 aliphatic rings. The monoisotopic (exact) mass is 293 g/mol. The summed E-state index contributed by atoms with van der Waals surface area (Å²) < 4.78 is 0. The van der Waals surface area contributed by atoms with Gasteiger partial charge in [-0.2, -0.15) is 0 Å². The summed E-state index contributed by atoms with van der Waals surface area (Å²) in [5.41, 5.74) is 1.25. The number of nitrogens with zero attached hydrogens (tertiary/aromatic N) is 3. The smallest absolute Gasteiger partial charge is 0.269 e. The Kier molecular flexibility index (Phi) is 3.47. The fourth-order valence-corrected chi connectivity index (χ4v) is 2.40. The Hall–Kier alpha value is -2.95. The van der Waals surface area contributed by atoms with Gasteiger partial charge < -0.3 is 4.90 Å². The highest BCUT2D eigenvalue weighted by atomic mass is 16.2. The fourth-order valence-electron chi connectivity index (χ4n) is 2.40. The summed E-state index contributed by atoms with van der Waals surface area (Å²) >= 11 is 0. The first-order chi connectivity index (χ1) is 10.6. The third kappa shape index (κ3) is 2.26. The Morgan fingerprint density at radius 3 is 2.45 bits per heavy atom. The van der Waals surface area contributed by atoms with Crippen molar-refractivity contribution in [3.05, 3.63) is 66.0 Å². The maximum absolute atomic E-state index is 12.8. The van der Waals surface area contributed by atoms with Crippen molar-refractivity contribution in [2.75, 3.05) is 19.0 Å². The number of para-hydroxylation sites is 1. The second-order valence-electron chi connectivity index (χ2n) is 5.19. The van der Waals surface area contributed by atoms with Gasteiger partial charge in [0.05, 0.1) is 11.3 Å². The number of hydrogen-bond donors (Lipinski definition) is 0. The molecule has 0 saturated heterocycles. The highest BCUT2D eigenvalue weighted by Crippen LogP contribution is 2.34. The number of carbonyl (C=O) groups is 2. The highest BCUT2D eigenvalue weighted by molar-refractivity contribution is 6.35. The lowest BCUT2D eigenvalue weighted by Crippen LogP contribution is -2.37. The molecule has 2 aromatic rings. The third-order valence-electron chi connectivity index (χ3n) is 3.32. The van der Waals surface area contributed by atoms with Gasteiger partial charge in [0.2, 0.25) is 5.78 Å². The van der Waals surface area contributed by atoms with E-state index in [0.717, 1.165) is 0 Å². The number of aromatic nitrogens is 1. The third-order valence-corrected chi connectivity index (χ3v) is 3.32. The number of Topliss-reactive ketones (excluding diaryl/α,β-unsaturated/α-hetero) is 1. The molecular weight excluding hydrogens is 278 g/mol. The molecule has 0 fully saturated rings. The molecule has 1 amide bonds. The van der Waals surface area contributed by atoms with E-state index < -0.39 is 0 Å². The summed E-state index contributed by atoms with van der Waals surface area (Å²) in [7, 11) is 3.55. The molecule has 0 aliphatic carbocycles. The van der Waals surface area contributed by atoms with E-state index in [2.05, 4.69) is 4.98 Å². The fraction of sp³-hybridized carbons (Fsp3) is 0.118. The van der Waals surface area contributed by atoms with Crippen molar-refractivity contribution in [2.24, 2.45) is 0 Å². The zero-order chi connectivity index (χ0) is 15.7. The Balaban J connectivity index is 2.23. The van der Waals surface area contributed by atoms with Crippen LogP contribution in [0.2, 0.25) is 0 Å². The number of anilines is 2. The van der Waals surface area contributed by atoms with E-state index in [4.69, 9.17) is 0 Å². The van der Waals surface area contributed by atoms with Gasteiger partial charge in [-0.05, 0) is 24.3 Å². The van der Waals surface area contributed by atoms with Crippen LogP contribution < -0.4 is 4.90 Å². The summed E-state index contributed by atoms with van der Waals surface area (Å²) in [6, 6.07) is 12.6. The van der Waals surface area contributed by atoms with E-state index in [-0.39, 0.29) is 17.3 Å². The van der Waals surface area contributed by atoms with Gasteiger partial charge in [0, 0.05) is 26.5 Å². The molecule has 110 valence electrons. The molecule has 3 rings (SSSR count). The zero-order valence-corrected chi connectivity index (χ0v) is 12.4. The van der Waals surface area contributed by atoms with E-state index in [1.165, 1.54) is 4.90 Å². The van der Waals surface area contributed by atoms with Crippen LogP contribution in [0.15, 0.2) is 60.4 Å². The molecule has 2 heterocycles. The number of hydrogen-bond acceptors (Lipinski definition) is 4. The topological polar surface area (TPSA) is 53.5 Å². The van der Waals surface area contributed by atoms with Crippen molar-refractivity contribution in [1.29, 1.82) is 0 Å². The van der Waals surface area contributed by atoms with Crippen LogP contribution in [0.4, 0.5) is 11.5 Å². The second-order valence-corrected chi connectivity index (χ2v) is 5.19. The molecule has 0 radical (unpaired) electrons. The van der Waals surface area contributed by atoms with Crippen LogP contribution in [0.25, 0.3) is 0 Å². The number of benzene rings is 1. The molecule has 0 bridgehead atoms. The van der Waals surface area contributed by atoms with Crippen LogP contribution in [-0.4, -0.2) is 35.7 Å². The van der Waals surface area contributed by atoms with Gasteiger partial charge in [-0.1, -0.05) is 18.2 Å². The Morgan fingerprint density at radius 2 is 1.77 bits per heavy atom. The van der Waals surface area contributed by atoms with Gasteiger partial charge in [-0.15, -0.1) is 0 Å². The van der Waals surface area contributed by atoms with Crippen molar-refractivity contribution < 1.29 is 9.59 Å². The molecule has 0 atom stereocenters. The van der Waals surface area contributed by atoms with E-state index >= 15 is 0 Å². The number of amides is 1. The first-order valence-electron chi connectivity index (χ1n) is 6.87. The minimum atomic E-state index is -0.365. The van der Waals surface area contributed by atoms with Crippen LogP contribution in [0.5, 0.6) is 0 Å². The maximum Gasteiger partial charge on any atom is 0.269 e. The van der Waals surface area contributed by atoms with Gasteiger partial charge in [0.15, 0.2) is 5.82 Å². The summed E-state index contributed by atoms with van der Waals surface area (Å²) in [6.45, 7) is 0. The van der Waals surface area contributed by atoms with E-state index in [1.807, 2.05) is 30.3 Å². The van der Waals surface area contributed by atoms with Crippen LogP contribution in [0, 0.1) is 0 Å². The van der Waals surface area contributed by atoms with Crippen molar-refractivity contribution in [3.8, 4) is 0 Å². The summed E-state index contributed by atoms with van der Waals surface area (Å²) in [5, 5.41) is 0. The van der Waals surface area contributed by atoms with Crippen molar-refractivity contribution in [2.45, 2.75) is 0 Å². The van der Waals surface area contributed by atoms with Gasteiger partial charge in [-0.3, -0.25) is 14.5 Å². The van der Waals surface area contributed by atoms with Gasteiger partial charge in [-0.25, -0.2) is 4.98 Å². The molecule has 0 N–H and O–H groups in total. The standard InChI is InChI=1S/C17H15N3O2/c1-19(2)11-14-15(21)13-9-6-10-18-16(13)20(17(14)22)12-7-4-3-5-8-12/h3-11H,1-2H3. The van der Waals surface area contributed by atoms with Crippen LogP contribution in [0.3, 0.4) is 0 Å². The van der Waals surface area contributed by atoms with E-state index in [9.17, 15) is 9.59 Å². The molecule has 0 saturated carbocycles. The molecule has 1 aromatic carbocycles. The van der Waals surface area contributed by atoms with Crippen molar-refractivity contribution in [1.82, 2.24) is 9.88 Å². The zero-order valence-electron chi connectivity index (χ0n) is 12.4. The Morgan fingerprint density at radius 1 is 1.05 bits per heavy atom. The predicted octanol–water partition coefficient (Wildman–Crippen LogP) is 2.39. The second kappa shape index (κ2) is 5.44. The lowest BCUT2D eigenvalue weighted by Gasteiger charge is -2.29. The molecule has 5 nitrogen and oxygen atoms in total. The van der Waals surface area contributed by atoms with Crippen LogP contribution in [-0.2, 0) is 4.79 Å². The number of rotatable bonds is 2. The largest absolute Gasteiger partial charge is 0.383 e. The number of carbonyl (C=O) groups excluding carboxylic acids is 2. The number of ketones is 1. The summed E-state index contributed by atoms with van der Waals surface area (Å²) in [4.78, 5) is 32.8. The first-order valence-corrected chi connectivity index (χ1v) is 6.87. The Labute approximate surface area is 128 Å². The quantitative estimate of drug-likeness (QED) is 0.630.